The normalized spacial score (nSPS) is 20.9. The fourth-order valence-electron chi connectivity index (χ4n) is 2.42. The maximum Gasteiger partial charge on any atom is 0.322 e. The van der Waals surface area contributed by atoms with Crippen molar-refractivity contribution in [2.75, 3.05) is 18.4 Å². The number of nitrogens with zero attached hydrogens (tertiary/aromatic N) is 1. The average molecular weight is 268 g/mol. The highest BCUT2D eigenvalue weighted by Crippen LogP contribution is 2.44. The molecule has 0 bridgehead atoms. The minimum Gasteiger partial charge on any atom is -0.386 e. The molecule has 2 fully saturated rings. The second kappa shape index (κ2) is 4.16. The Kier molecular flexibility index (Phi) is 2.70. The number of halogens is 2. The first-order valence-corrected chi connectivity index (χ1v) is 6.21. The summed E-state index contributed by atoms with van der Waals surface area (Å²) >= 11 is 0. The first-order valence-electron chi connectivity index (χ1n) is 6.21. The lowest BCUT2D eigenvalue weighted by atomic mass is 9.89. The molecule has 1 heterocycles. The number of hydrogen-bond donors (Lipinski definition) is 2. The van der Waals surface area contributed by atoms with Gasteiger partial charge in [0.25, 0.3) is 0 Å². The van der Waals surface area contributed by atoms with Gasteiger partial charge in [-0.1, -0.05) is 0 Å². The fourth-order valence-corrected chi connectivity index (χ4v) is 2.42. The van der Waals surface area contributed by atoms with E-state index in [4.69, 9.17) is 0 Å². The second-order valence-corrected chi connectivity index (χ2v) is 5.29. The smallest absolute Gasteiger partial charge is 0.322 e. The van der Waals surface area contributed by atoms with Crippen LogP contribution in [0.15, 0.2) is 18.2 Å². The predicted molar refractivity (Wildman–Crippen MR) is 64.6 cm³/mol. The van der Waals surface area contributed by atoms with Crippen LogP contribution in [-0.4, -0.2) is 34.7 Å². The summed E-state index contributed by atoms with van der Waals surface area (Å²) in [7, 11) is 0. The van der Waals surface area contributed by atoms with E-state index < -0.39 is 23.3 Å². The first-order chi connectivity index (χ1) is 8.98. The van der Waals surface area contributed by atoms with E-state index in [0.717, 1.165) is 18.9 Å². The minimum absolute atomic E-state index is 0.0618. The highest BCUT2D eigenvalue weighted by atomic mass is 19.1. The van der Waals surface area contributed by atoms with E-state index in [1.54, 1.807) is 0 Å². The van der Waals surface area contributed by atoms with E-state index in [9.17, 15) is 18.7 Å². The van der Waals surface area contributed by atoms with E-state index in [1.807, 2.05) is 0 Å². The van der Waals surface area contributed by atoms with Gasteiger partial charge < -0.3 is 15.3 Å². The van der Waals surface area contributed by atoms with Crippen LogP contribution in [0.3, 0.4) is 0 Å². The lowest BCUT2D eigenvalue weighted by molar-refractivity contribution is -0.0897. The van der Waals surface area contributed by atoms with Gasteiger partial charge in [-0.3, -0.25) is 0 Å². The number of anilines is 1. The predicted octanol–water partition coefficient (Wildman–Crippen LogP) is 1.95. The Morgan fingerprint density at radius 1 is 1.37 bits per heavy atom. The van der Waals surface area contributed by atoms with Crippen molar-refractivity contribution in [3.05, 3.63) is 29.8 Å². The summed E-state index contributed by atoms with van der Waals surface area (Å²) in [5.41, 5.74) is -0.827. The molecule has 0 unspecified atom stereocenters. The molecule has 0 spiro atoms. The Labute approximate surface area is 109 Å². The van der Waals surface area contributed by atoms with Crippen LogP contribution in [0.4, 0.5) is 19.3 Å². The molecule has 2 amide bonds. The molecule has 1 aliphatic heterocycles. The molecule has 1 aromatic carbocycles. The molecule has 1 saturated carbocycles. The Balaban J connectivity index is 1.60. The Morgan fingerprint density at radius 2 is 2.05 bits per heavy atom. The van der Waals surface area contributed by atoms with Gasteiger partial charge in [-0.25, -0.2) is 13.6 Å². The highest BCUT2D eigenvalue weighted by Gasteiger charge is 2.53. The van der Waals surface area contributed by atoms with Crippen LogP contribution >= 0.6 is 0 Å². The molecule has 2 aliphatic rings. The van der Waals surface area contributed by atoms with Crippen molar-refractivity contribution < 1.29 is 18.7 Å². The Hall–Kier alpha value is -1.69. The van der Waals surface area contributed by atoms with Crippen molar-refractivity contribution in [1.82, 2.24) is 4.90 Å². The molecule has 3 rings (SSSR count). The van der Waals surface area contributed by atoms with Crippen molar-refractivity contribution in [2.24, 2.45) is 5.92 Å². The van der Waals surface area contributed by atoms with Crippen molar-refractivity contribution in [2.45, 2.75) is 18.4 Å². The number of carbonyl (C=O) groups excluding carboxylic acids is 1. The van der Waals surface area contributed by atoms with Gasteiger partial charge in [0, 0.05) is 6.07 Å². The Bertz CT molecular complexity index is 525. The van der Waals surface area contributed by atoms with E-state index in [-0.39, 0.29) is 18.8 Å². The van der Waals surface area contributed by atoms with E-state index in [0.29, 0.717) is 12.0 Å². The van der Waals surface area contributed by atoms with Gasteiger partial charge in [-0.2, -0.15) is 0 Å². The van der Waals surface area contributed by atoms with Crippen molar-refractivity contribution in [3.63, 3.8) is 0 Å². The molecular weight excluding hydrogens is 254 g/mol. The third-order valence-electron chi connectivity index (χ3n) is 3.73. The fraction of sp³-hybridized carbons (Fsp3) is 0.462. The molecule has 6 heteroatoms. The zero-order valence-corrected chi connectivity index (χ0v) is 10.2. The third-order valence-corrected chi connectivity index (χ3v) is 3.73. The number of likely N-dealkylation sites (tertiary alicyclic amines) is 1. The van der Waals surface area contributed by atoms with Crippen LogP contribution in [0.5, 0.6) is 0 Å². The summed E-state index contributed by atoms with van der Waals surface area (Å²) < 4.78 is 26.1. The van der Waals surface area contributed by atoms with E-state index >= 15 is 0 Å². The number of β-amino-alcohol motifs (C(OH)–C–C–N with tert-alkyl or cyclic N) is 1. The maximum absolute atomic E-state index is 13.4. The molecule has 0 atom stereocenters. The number of amides is 2. The second-order valence-electron chi connectivity index (χ2n) is 5.29. The number of rotatable bonds is 2. The van der Waals surface area contributed by atoms with Gasteiger partial charge in [-0.05, 0) is 30.9 Å². The quantitative estimate of drug-likeness (QED) is 0.861. The van der Waals surface area contributed by atoms with Gasteiger partial charge in [0.05, 0.1) is 18.8 Å². The molecule has 0 radical (unpaired) electrons. The van der Waals surface area contributed by atoms with Gasteiger partial charge >= 0.3 is 6.03 Å². The summed E-state index contributed by atoms with van der Waals surface area (Å²) in [5.74, 6) is -1.21. The summed E-state index contributed by atoms with van der Waals surface area (Å²) in [4.78, 5) is 13.2. The van der Waals surface area contributed by atoms with Gasteiger partial charge in [0.15, 0.2) is 0 Å². The monoisotopic (exact) mass is 268 g/mol. The van der Waals surface area contributed by atoms with Crippen molar-refractivity contribution >= 4 is 11.7 Å². The molecule has 0 aromatic heterocycles. The molecule has 4 nitrogen and oxygen atoms in total. The van der Waals surface area contributed by atoms with Gasteiger partial charge in [0.1, 0.15) is 17.2 Å². The lowest BCUT2D eigenvalue weighted by Crippen LogP contribution is -2.65. The van der Waals surface area contributed by atoms with E-state index in [1.165, 1.54) is 11.0 Å². The molecule has 1 aromatic rings. The maximum atomic E-state index is 13.4. The van der Waals surface area contributed by atoms with Crippen LogP contribution in [0.2, 0.25) is 0 Å². The molecule has 1 aliphatic carbocycles. The number of hydrogen-bond acceptors (Lipinski definition) is 2. The SMILES string of the molecule is O=C(Nc1ccc(F)cc1F)N1CC(O)(C2CC2)C1. The van der Waals surface area contributed by atoms with Gasteiger partial charge in [-0.15, -0.1) is 0 Å². The first kappa shape index (κ1) is 12.3. The zero-order chi connectivity index (χ0) is 13.6. The summed E-state index contributed by atoms with van der Waals surface area (Å²) in [5, 5.41) is 12.5. The lowest BCUT2D eigenvalue weighted by Gasteiger charge is -2.46. The molecular formula is C13H14F2N2O2. The molecule has 1 saturated heterocycles. The number of urea groups is 1. The summed E-state index contributed by atoms with van der Waals surface area (Å²) in [6, 6.07) is 2.49. The number of aliphatic hydroxyl groups is 1. The van der Waals surface area contributed by atoms with Crippen LogP contribution in [0.1, 0.15) is 12.8 Å². The van der Waals surface area contributed by atoms with Crippen LogP contribution < -0.4 is 5.32 Å². The number of nitrogens with one attached hydrogen (secondary N) is 1. The minimum atomic E-state index is -0.814. The largest absolute Gasteiger partial charge is 0.386 e. The van der Waals surface area contributed by atoms with Crippen molar-refractivity contribution in [3.8, 4) is 0 Å². The number of benzene rings is 1. The van der Waals surface area contributed by atoms with Gasteiger partial charge in [0.2, 0.25) is 0 Å². The standard InChI is InChI=1S/C13H14F2N2O2/c14-9-3-4-11(10(15)5-9)16-12(18)17-6-13(19,7-17)8-1-2-8/h3-5,8,19H,1-2,6-7H2,(H,16,18). The number of carbonyl (C=O) groups is 1. The van der Waals surface area contributed by atoms with E-state index in [2.05, 4.69) is 5.32 Å². The molecule has 102 valence electrons. The highest BCUT2D eigenvalue weighted by molar-refractivity contribution is 5.90. The Morgan fingerprint density at radius 3 is 2.63 bits per heavy atom. The molecule has 19 heavy (non-hydrogen) atoms. The van der Waals surface area contributed by atoms with Crippen LogP contribution in [0, 0.1) is 17.6 Å². The summed E-state index contributed by atoms with van der Waals surface area (Å²) in [6.07, 6.45) is 2.00. The topological polar surface area (TPSA) is 52.6 Å². The summed E-state index contributed by atoms with van der Waals surface area (Å²) in [6.45, 7) is 0.540. The average Bonchev–Trinajstić information content (AvgIpc) is 3.12. The third kappa shape index (κ3) is 2.28. The van der Waals surface area contributed by atoms with Crippen LogP contribution in [0.25, 0.3) is 0 Å². The zero-order valence-electron chi connectivity index (χ0n) is 10.2. The van der Waals surface area contributed by atoms with Crippen molar-refractivity contribution in [1.29, 1.82) is 0 Å². The van der Waals surface area contributed by atoms with Crippen LogP contribution in [-0.2, 0) is 0 Å². The molecule has 2 N–H and O–H groups in total.